The molecule has 0 radical (unpaired) electrons. The molecule has 1 aliphatic heterocycles. The van der Waals surface area contributed by atoms with Crippen molar-refractivity contribution in [2.24, 2.45) is 10.9 Å². The number of aryl methyl sites for hydroxylation is 1. The van der Waals surface area contributed by atoms with Crippen LogP contribution in [-0.4, -0.2) is 54.0 Å². The summed E-state index contributed by atoms with van der Waals surface area (Å²) in [6, 6.07) is 6.81. The second-order valence-electron chi connectivity index (χ2n) is 8.91. The number of benzene rings is 1. The van der Waals surface area contributed by atoms with Crippen LogP contribution in [0.5, 0.6) is 0 Å². The fourth-order valence-electron chi connectivity index (χ4n) is 5.09. The van der Waals surface area contributed by atoms with Crippen LogP contribution in [0.3, 0.4) is 0 Å². The molecule has 1 atom stereocenters. The van der Waals surface area contributed by atoms with Crippen molar-refractivity contribution in [3.05, 3.63) is 35.5 Å². The molecule has 2 aliphatic rings. The second kappa shape index (κ2) is 10.2. The number of amides is 1. The third kappa shape index (κ3) is 5.05. The number of H-pyrrole nitrogens is 1. The predicted octanol–water partition coefficient (Wildman–Crippen LogP) is 3.62. The summed E-state index contributed by atoms with van der Waals surface area (Å²) in [4.78, 5) is 23.1. The van der Waals surface area contributed by atoms with E-state index in [9.17, 15) is 4.79 Å². The number of likely N-dealkylation sites (tertiary alicyclic amines) is 1. The van der Waals surface area contributed by atoms with Gasteiger partial charge in [0.25, 0.3) is 0 Å². The zero-order valence-corrected chi connectivity index (χ0v) is 19.0. The lowest BCUT2D eigenvalue weighted by molar-refractivity contribution is -0.134. The van der Waals surface area contributed by atoms with Gasteiger partial charge in [-0.25, -0.2) is 0 Å². The Hall–Kier alpha value is -2.50. The molecule has 0 bridgehead atoms. The number of carbonyl (C=O) groups is 1. The van der Waals surface area contributed by atoms with Gasteiger partial charge >= 0.3 is 0 Å². The van der Waals surface area contributed by atoms with Crippen LogP contribution in [0, 0.1) is 5.92 Å². The summed E-state index contributed by atoms with van der Waals surface area (Å²) >= 11 is 0. The largest absolute Gasteiger partial charge is 0.361 e. The number of hydrogen-bond donors (Lipinski definition) is 3. The van der Waals surface area contributed by atoms with Crippen molar-refractivity contribution in [2.45, 2.75) is 64.8 Å². The standard InChI is InChI=1S/C25H37N5O/c1-3-18-10-7-11-22-20(16-28-23(18)22)12-14-27-25(26-4-2)29-21-13-15-30(17-21)24(31)19-8-5-6-9-19/h7,10-11,16,19,21,28H,3-6,8-9,12-15,17H2,1-2H3,(H2,26,27,29). The molecule has 1 unspecified atom stereocenters. The van der Waals surface area contributed by atoms with E-state index in [1.165, 1.54) is 34.9 Å². The summed E-state index contributed by atoms with van der Waals surface area (Å²) in [7, 11) is 0. The molecule has 1 saturated heterocycles. The van der Waals surface area contributed by atoms with E-state index in [1.54, 1.807) is 0 Å². The maximum absolute atomic E-state index is 12.7. The van der Waals surface area contributed by atoms with Crippen molar-refractivity contribution >= 4 is 22.8 Å². The molecule has 2 fully saturated rings. The van der Waals surface area contributed by atoms with E-state index < -0.39 is 0 Å². The van der Waals surface area contributed by atoms with Crippen LogP contribution in [0.4, 0.5) is 0 Å². The first-order valence-electron chi connectivity index (χ1n) is 12.1. The molecule has 1 aromatic heterocycles. The molecule has 3 N–H and O–H groups in total. The Labute approximate surface area is 185 Å². The predicted molar refractivity (Wildman–Crippen MR) is 127 cm³/mol. The number of aromatic amines is 1. The summed E-state index contributed by atoms with van der Waals surface area (Å²) in [5.41, 5.74) is 3.94. The number of nitrogens with zero attached hydrogens (tertiary/aromatic N) is 2. The van der Waals surface area contributed by atoms with Crippen LogP contribution in [0.2, 0.25) is 0 Å². The number of guanidine groups is 1. The van der Waals surface area contributed by atoms with Crippen LogP contribution in [-0.2, 0) is 17.6 Å². The summed E-state index contributed by atoms with van der Waals surface area (Å²) < 4.78 is 0. The number of aliphatic imine (C=N–C) groups is 1. The molecule has 2 heterocycles. The maximum Gasteiger partial charge on any atom is 0.225 e. The molecular formula is C25H37N5O. The quantitative estimate of drug-likeness (QED) is 0.470. The van der Waals surface area contributed by atoms with Crippen LogP contribution < -0.4 is 10.6 Å². The lowest BCUT2D eigenvalue weighted by Crippen LogP contribution is -2.45. The van der Waals surface area contributed by atoms with Gasteiger partial charge in [0.05, 0.1) is 0 Å². The fourth-order valence-corrected chi connectivity index (χ4v) is 5.09. The second-order valence-corrected chi connectivity index (χ2v) is 8.91. The van der Waals surface area contributed by atoms with Crippen molar-refractivity contribution in [2.75, 3.05) is 26.2 Å². The van der Waals surface area contributed by atoms with E-state index in [4.69, 9.17) is 4.99 Å². The van der Waals surface area contributed by atoms with E-state index >= 15 is 0 Å². The fraction of sp³-hybridized carbons (Fsp3) is 0.600. The average Bonchev–Trinajstić information content (AvgIpc) is 3.54. The number of rotatable bonds is 7. The molecule has 6 heteroatoms. The first-order chi connectivity index (χ1) is 15.2. The molecule has 1 aliphatic carbocycles. The van der Waals surface area contributed by atoms with Crippen molar-refractivity contribution in [3.63, 3.8) is 0 Å². The van der Waals surface area contributed by atoms with E-state index in [1.807, 2.05) is 0 Å². The van der Waals surface area contributed by atoms with Crippen LogP contribution in [0.1, 0.15) is 57.1 Å². The van der Waals surface area contributed by atoms with Gasteiger partial charge in [-0.3, -0.25) is 9.79 Å². The van der Waals surface area contributed by atoms with E-state index in [-0.39, 0.29) is 12.0 Å². The smallest absolute Gasteiger partial charge is 0.225 e. The Morgan fingerprint density at radius 2 is 2.03 bits per heavy atom. The number of nitrogens with one attached hydrogen (secondary N) is 3. The van der Waals surface area contributed by atoms with Crippen LogP contribution >= 0.6 is 0 Å². The van der Waals surface area contributed by atoms with Gasteiger partial charge in [-0.05, 0) is 50.2 Å². The Morgan fingerprint density at radius 3 is 2.81 bits per heavy atom. The highest BCUT2D eigenvalue weighted by molar-refractivity contribution is 5.86. The monoisotopic (exact) mass is 423 g/mol. The SMILES string of the molecule is CCNC(=NCCc1c[nH]c2c(CC)cccc12)NC1CCN(C(=O)C2CCCC2)C1. The topological polar surface area (TPSA) is 72.5 Å². The van der Waals surface area contributed by atoms with Gasteiger partial charge in [-0.15, -0.1) is 0 Å². The van der Waals surface area contributed by atoms with Gasteiger partial charge in [0.1, 0.15) is 0 Å². The Balaban J connectivity index is 1.33. The van der Waals surface area contributed by atoms with E-state index in [0.717, 1.165) is 64.2 Å². The lowest BCUT2D eigenvalue weighted by Gasteiger charge is -2.21. The average molecular weight is 424 g/mol. The van der Waals surface area contributed by atoms with Crippen LogP contribution in [0.25, 0.3) is 10.9 Å². The van der Waals surface area contributed by atoms with Gasteiger partial charge in [-0.2, -0.15) is 0 Å². The normalized spacial score (nSPS) is 20.0. The van der Waals surface area contributed by atoms with Gasteiger partial charge in [0, 0.05) is 55.2 Å². The Bertz CT molecular complexity index is 912. The molecule has 2 aromatic rings. The van der Waals surface area contributed by atoms with Crippen molar-refractivity contribution < 1.29 is 4.79 Å². The molecule has 1 aromatic carbocycles. The first-order valence-corrected chi connectivity index (χ1v) is 12.1. The number of para-hydroxylation sites is 1. The van der Waals surface area contributed by atoms with Crippen molar-refractivity contribution in [1.29, 1.82) is 0 Å². The zero-order chi connectivity index (χ0) is 21.6. The lowest BCUT2D eigenvalue weighted by atomic mass is 10.1. The molecule has 4 rings (SSSR count). The zero-order valence-electron chi connectivity index (χ0n) is 19.0. The minimum Gasteiger partial charge on any atom is -0.361 e. The molecule has 0 spiro atoms. The minimum absolute atomic E-state index is 0.269. The highest BCUT2D eigenvalue weighted by Crippen LogP contribution is 2.28. The van der Waals surface area contributed by atoms with E-state index in [2.05, 4.69) is 58.8 Å². The molecule has 31 heavy (non-hydrogen) atoms. The third-order valence-corrected chi connectivity index (χ3v) is 6.81. The highest BCUT2D eigenvalue weighted by atomic mass is 16.2. The number of aromatic nitrogens is 1. The summed E-state index contributed by atoms with van der Waals surface area (Å²) in [5, 5.41) is 8.25. The number of carbonyl (C=O) groups excluding carboxylic acids is 1. The van der Waals surface area contributed by atoms with E-state index in [0.29, 0.717) is 5.91 Å². The molecule has 168 valence electrons. The molecule has 1 amide bonds. The summed E-state index contributed by atoms with van der Waals surface area (Å²) in [5.74, 6) is 1.50. The number of hydrogen-bond acceptors (Lipinski definition) is 2. The van der Waals surface area contributed by atoms with Gasteiger partial charge in [0.15, 0.2) is 5.96 Å². The third-order valence-electron chi connectivity index (χ3n) is 6.81. The van der Waals surface area contributed by atoms with Gasteiger partial charge in [0.2, 0.25) is 5.91 Å². The Kier molecular flexibility index (Phi) is 7.15. The number of fused-ring (bicyclic) bond motifs is 1. The maximum atomic E-state index is 12.7. The van der Waals surface area contributed by atoms with Gasteiger partial charge in [-0.1, -0.05) is 38.0 Å². The molecule has 6 nitrogen and oxygen atoms in total. The molecule has 1 saturated carbocycles. The van der Waals surface area contributed by atoms with Gasteiger partial charge < -0.3 is 20.5 Å². The Morgan fingerprint density at radius 1 is 1.19 bits per heavy atom. The summed E-state index contributed by atoms with van der Waals surface area (Å²) in [6.45, 7) is 7.50. The summed E-state index contributed by atoms with van der Waals surface area (Å²) in [6.07, 6.45) is 9.62. The molecular weight excluding hydrogens is 386 g/mol. The minimum atomic E-state index is 0.269. The van der Waals surface area contributed by atoms with Crippen molar-refractivity contribution in [1.82, 2.24) is 20.5 Å². The van der Waals surface area contributed by atoms with Crippen molar-refractivity contribution in [3.8, 4) is 0 Å². The highest BCUT2D eigenvalue weighted by Gasteiger charge is 2.32. The van der Waals surface area contributed by atoms with Crippen LogP contribution in [0.15, 0.2) is 29.4 Å². The first kappa shape index (κ1) is 21.7.